The summed E-state index contributed by atoms with van der Waals surface area (Å²) in [4.78, 5) is 0.0102. The zero-order valence-corrected chi connectivity index (χ0v) is 11.0. The second kappa shape index (κ2) is 5.13. The molecule has 0 aliphatic carbocycles. The third kappa shape index (κ3) is 3.18. The molecule has 5 nitrogen and oxygen atoms in total. The molecule has 0 heterocycles. The maximum Gasteiger partial charge on any atom is 0.242 e. The van der Waals surface area contributed by atoms with Crippen molar-refractivity contribution in [3.8, 4) is 0 Å². The largest absolute Gasteiger partial charge is 0.398 e. The van der Waals surface area contributed by atoms with Crippen LogP contribution in [0.2, 0.25) is 0 Å². The number of aliphatic hydroxyl groups excluding tert-OH is 1. The fourth-order valence-corrected chi connectivity index (χ4v) is 2.86. The monoisotopic (exact) mass is 308 g/mol. The number of benzene rings is 1. The Kier molecular flexibility index (Phi) is 4.31. The smallest absolute Gasteiger partial charge is 0.242 e. The summed E-state index contributed by atoms with van der Waals surface area (Å²) < 4.78 is 26.6. The highest BCUT2D eigenvalue weighted by molar-refractivity contribution is 9.10. The second-order valence-corrected chi connectivity index (χ2v) is 5.99. The number of hydrogen-bond donors (Lipinski definition) is 3. The molecular formula is C9H13BrN2O3S. The van der Waals surface area contributed by atoms with Gasteiger partial charge in [0.25, 0.3) is 0 Å². The molecule has 0 bridgehead atoms. The average molecular weight is 309 g/mol. The van der Waals surface area contributed by atoms with Gasteiger partial charge in [-0.25, -0.2) is 13.1 Å². The van der Waals surface area contributed by atoms with Gasteiger partial charge in [-0.05, 0) is 25.1 Å². The number of hydrogen-bond acceptors (Lipinski definition) is 4. The van der Waals surface area contributed by atoms with Gasteiger partial charge in [0.15, 0.2) is 0 Å². The van der Waals surface area contributed by atoms with Crippen LogP contribution in [0, 0.1) is 0 Å². The lowest BCUT2D eigenvalue weighted by Crippen LogP contribution is -2.35. The van der Waals surface area contributed by atoms with Crippen LogP contribution < -0.4 is 10.5 Å². The van der Waals surface area contributed by atoms with Crippen molar-refractivity contribution in [3.63, 3.8) is 0 Å². The third-order valence-corrected chi connectivity index (χ3v) is 4.05. The lowest BCUT2D eigenvalue weighted by atomic mass is 10.3. The Bertz CT molecular complexity index is 476. The standard InChI is InChI=1S/C9H13BrN2O3S/c1-6(5-13)12-16(14,15)9-3-2-7(10)4-8(9)11/h2-4,6,12-13H,5,11H2,1H3/t6-/m0/s1. The Balaban J connectivity index is 3.08. The molecule has 0 saturated heterocycles. The normalized spacial score (nSPS) is 13.7. The van der Waals surface area contributed by atoms with E-state index in [1.165, 1.54) is 12.1 Å². The molecular weight excluding hydrogens is 296 g/mol. The van der Waals surface area contributed by atoms with Gasteiger partial charge in [-0.2, -0.15) is 0 Å². The maximum atomic E-state index is 11.8. The van der Waals surface area contributed by atoms with Gasteiger partial charge in [-0.1, -0.05) is 15.9 Å². The Hall–Kier alpha value is -0.630. The lowest BCUT2D eigenvalue weighted by molar-refractivity contribution is 0.265. The average Bonchev–Trinajstić information content (AvgIpc) is 2.16. The van der Waals surface area contributed by atoms with Crippen LogP contribution in [0.1, 0.15) is 6.92 Å². The highest BCUT2D eigenvalue weighted by atomic mass is 79.9. The zero-order valence-electron chi connectivity index (χ0n) is 8.64. The molecule has 4 N–H and O–H groups in total. The van der Waals surface area contributed by atoms with Crippen LogP contribution in [-0.4, -0.2) is 26.2 Å². The molecule has 90 valence electrons. The van der Waals surface area contributed by atoms with Crippen LogP contribution in [0.4, 0.5) is 5.69 Å². The summed E-state index contributed by atoms with van der Waals surface area (Å²) in [6, 6.07) is 3.96. The zero-order chi connectivity index (χ0) is 12.3. The van der Waals surface area contributed by atoms with Crippen molar-refractivity contribution in [3.05, 3.63) is 22.7 Å². The van der Waals surface area contributed by atoms with Crippen molar-refractivity contribution >= 4 is 31.6 Å². The predicted octanol–water partition coefficient (Wildman–Crippen LogP) is 0.690. The molecule has 1 atom stereocenters. The van der Waals surface area contributed by atoms with Crippen molar-refractivity contribution in [1.82, 2.24) is 4.72 Å². The quantitative estimate of drug-likeness (QED) is 0.714. The van der Waals surface area contributed by atoms with Crippen molar-refractivity contribution < 1.29 is 13.5 Å². The molecule has 0 fully saturated rings. The van der Waals surface area contributed by atoms with Gasteiger partial charge < -0.3 is 10.8 Å². The fraction of sp³-hybridized carbons (Fsp3) is 0.333. The summed E-state index contributed by atoms with van der Waals surface area (Å²) >= 11 is 3.19. The van der Waals surface area contributed by atoms with Gasteiger partial charge in [-0.3, -0.25) is 0 Å². The number of halogens is 1. The van der Waals surface area contributed by atoms with E-state index in [4.69, 9.17) is 10.8 Å². The van der Waals surface area contributed by atoms with Gasteiger partial charge in [0.05, 0.1) is 12.3 Å². The lowest BCUT2D eigenvalue weighted by Gasteiger charge is -2.13. The molecule has 1 aromatic carbocycles. The van der Waals surface area contributed by atoms with Gasteiger partial charge in [0, 0.05) is 10.5 Å². The van der Waals surface area contributed by atoms with Gasteiger partial charge >= 0.3 is 0 Å². The van der Waals surface area contributed by atoms with Gasteiger partial charge in [0.2, 0.25) is 10.0 Å². The summed E-state index contributed by atoms with van der Waals surface area (Å²) in [5.41, 5.74) is 5.77. The van der Waals surface area contributed by atoms with Crippen LogP contribution in [0.3, 0.4) is 0 Å². The molecule has 7 heteroatoms. The van der Waals surface area contributed by atoms with E-state index in [1.54, 1.807) is 13.0 Å². The van der Waals surface area contributed by atoms with E-state index in [0.29, 0.717) is 4.47 Å². The summed E-state index contributed by atoms with van der Waals surface area (Å²) in [6.45, 7) is 1.29. The van der Waals surface area contributed by atoms with E-state index in [9.17, 15) is 8.42 Å². The summed E-state index contributed by atoms with van der Waals surface area (Å²) in [7, 11) is -3.67. The number of nitrogen functional groups attached to an aromatic ring is 1. The third-order valence-electron chi connectivity index (χ3n) is 1.89. The SMILES string of the molecule is C[C@@H](CO)NS(=O)(=O)c1ccc(Br)cc1N. The van der Waals surface area contributed by atoms with Crippen LogP contribution in [0.25, 0.3) is 0 Å². The topological polar surface area (TPSA) is 92.4 Å². The number of anilines is 1. The molecule has 0 unspecified atom stereocenters. The number of nitrogens with one attached hydrogen (secondary N) is 1. The first-order valence-electron chi connectivity index (χ1n) is 4.55. The first-order valence-corrected chi connectivity index (χ1v) is 6.82. The molecule has 0 amide bonds. The first kappa shape index (κ1) is 13.4. The van der Waals surface area contributed by atoms with Gasteiger partial charge in [-0.15, -0.1) is 0 Å². The molecule has 0 aliphatic heterocycles. The maximum absolute atomic E-state index is 11.8. The number of rotatable bonds is 4. The Labute approximate surface area is 103 Å². The molecule has 0 spiro atoms. The number of aliphatic hydroxyl groups is 1. The molecule has 0 aliphatic rings. The first-order chi connectivity index (χ1) is 7.36. The summed E-state index contributed by atoms with van der Waals surface area (Å²) in [6.07, 6.45) is 0. The Morgan fingerprint density at radius 3 is 2.69 bits per heavy atom. The van der Waals surface area contributed by atoms with Crippen molar-refractivity contribution in [2.45, 2.75) is 17.9 Å². The van der Waals surface area contributed by atoms with Crippen molar-refractivity contribution in [2.24, 2.45) is 0 Å². The highest BCUT2D eigenvalue weighted by Crippen LogP contribution is 2.22. The van der Waals surface area contributed by atoms with E-state index in [1.807, 2.05) is 0 Å². The Morgan fingerprint density at radius 2 is 2.19 bits per heavy atom. The predicted molar refractivity (Wildman–Crippen MR) is 65.4 cm³/mol. The molecule has 1 aromatic rings. The van der Waals surface area contributed by atoms with E-state index in [-0.39, 0.29) is 17.2 Å². The van der Waals surface area contributed by atoms with Crippen molar-refractivity contribution in [2.75, 3.05) is 12.3 Å². The summed E-state index contributed by atoms with van der Waals surface area (Å²) in [5.74, 6) is 0. The van der Waals surface area contributed by atoms with Gasteiger partial charge in [0.1, 0.15) is 4.90 Å². The van der Waals surface area contributed by atoms with E-state index < -0.39 is 16.1 Å². The van der Waals surface area contributed by atoms with Crippen molar-refractivity contribution in [1.29, 1.82) is 0 Å². The summed E-state index contributed by atoms with van der Waals surface area (Å²) in [5, 5.41) is 8.79. The van der Waals surface area contributed by atoms with Crippen LogP contribution in [0.15, 0.2) is 27.6 Å². The van der Waals surface area contributed by atoms with E-state index >= 15 is 0 Å². The highest BCUT2D eigenvalue weighted by Gasteiger charge is 2.19. The number of sulfonamides is 1. The molecule has 1 rings (SSSR count). The Morgan fingerprint density at radius 1 is 1.56 bits per heavy atom. The molecule has 0 radical (unpaired) electrons. The fourth-order valence-electron chi connectivity index (χ4n) is 1.13. The molecule has 0 aromatic heterocycles. The minimum Gasteiger partial charge on any atom is -0.398 e. The minimum atomic E-state index is -3.67. The van der Waals surface area contributed by atoms with Crippen LogP contribution in [-0.2, 0) is 10.0 Å². The van der Waals surface area contributed by atoms with E-state index in [0.717, 1.165) is 0 Å². The van der Waals surface area contributed by atoms with Crippen LogP contribution in [0.5, 0.6) is 0 Å². The molecule has 0 saturated carbocycles. The molecule has 16 heavy (non-hydrogen) atoms. The van der Waals surface area contributed by atoms with Crippen LogP contribution >= 0.6 is 15.9 Å². The minimum absolute atomic E-state index is 0.0102. The second-order valence-electron chi connectivity index (χ2n) is 3.39. The van der Waals surface area contributed by atoms with E-state index in [2.05, 4.69) is 20.7 Å². The number of nitrogens with two attached hydrogens (primary N) is 1.